The Balaban J connectivity index is 0.00000300. The summed E-state index contributed by atoms with van der Waals surface area (Å²) in [7, 11) is 3.51. The highest BCUT2D eigenvalue weighted by molar-refractivity contribution is 14.0. The van der Waals surface area contributed by atoms with Crippen LogP contribution in [0.15, 0.2) is 35.5 Å². The van der Waals surface area contributed by atoms with E-state index in [1.54, 1.807) is 18.4 Å². The van der Waals surface area contributed by atoms with Gasteiger partial charge in [-0.3, -0.25) is 4.99 Å². The fourth-order valence-electron chi connectivity index (χ4n) is 3.55. The third kappa shape index (κ3) is 6.55. The Morgan fingerprint density at radius 3 is 2.55 bits per heavy atom. The zero-order valence-electron chi connectivity index (χ0n) is 17.4. The van der Waals surface area contributed by atoms with Gasteiger partial charge in [-0.1, -0.05) is 12.1 Å². The van der Waals surface area contributed by atoms with Crippen molar-refractivity contribution in [1.82, 2.24) is 15.6 Å². The lowest BCUT2D eigenvalue weighted by atomic mass is 9.74. The van der Waals surface area contributed by atoms with Gasteiger partial charge in [0.15, 0.2) is 5.96 Å². The molecule has 29 heavy (non-hydrogen) atoms. The van der Waals surface area contributed by atoms with Crippen LogP contribution in [-0.2, 0) is 16.6 Å². The molecule has 1 aromatic heterocycles. The van der Waals surface area contributed by atoms with Gasteiger partial charge < -0.3 is 20.1 Å². The van der Waals surface area contributed by atoms with Crippen LogP contribution in [0, 0.1) is 6.92 Å². The normalized spacial score (nSPS) is 16.0. The minimum atomic E-state index is 0. The first-order valence-corrected chi connectivity index (χ1v) is 10.5. The number of ether oxygens (including phenoxy) is 2. The van der Waals surface area contributed by atoms with E-state index in [1.807, 2.05) is 25.4 Å². The molecule has 1 aromatic carbocycles. The molecule has 3 rings (SSSR count). The maximum Gasteiger partial charge on any atom is 0.191 e. The molecule has 160 valence electrons. The summed E-state index contributed by atoms with van der Waals surface area (Å²) < 4.78 is 10.9. The number of thiazole rings is 1. The van der Waals surface area contributed by atoms with Gasteiger partial charge in [-0.15, -0.1) is 35.3 Å². The molecule has 1 aliphatic rings. The molecule has 0 bridgehead atoms. The molecule has 0 atom stereocenters. The van der Waals surface area contributed by atoms with E-state index < -0.39 is 0 Å². The van der Waals surface area contributed by atoms with Crippen LogP contribution in [-0.4, -0.2) is 51.4 Å². The van der Waals surface area contributed by atoms with Crippen LogP contribution in [0.3, 0.4) is 0 Å². The lowest BCUT2D eigenvalue weighted by Gasteiger charge is -2.38. The molecule has 2 aromatic rings. The molecule has 1 fully saturated rings. The zero-order valence-corrected chi connectivity index (χ0v) is 20.5. The number of nitrogens with one attached hydrogen (secondary N) is 2. The SMILES string of the molecule is CN=C(NCCc1ncc(C)s1)NCC1(c2ccc(OC)cc2)CCOCC1.I. The van der Waals surface area contributed by atoms with Crippen LogP contribution < -0.4 is 15.4 Å². The van der Waals surface area contributed by atoms with Crippen molar-refractivity contribution in [2.24, 2.45) is 4.99 Å². The molecule has 1 aliphatic heterocycles. The smallest absolute Gasteiger partial charge is 0.191 e. The molecule has 0 radical (unpaired) electrons. The Hall–Kier alpha value is -1.39. The summed E-state index contributed by atoms with van der Waals surface area (Å²) in [5.41, 5.74) is 1.35. The summed E-state index contributed by atoms with van der Waals surface area (Å²) in [6, 6.07) is 8.42. The Morgan fingerprint density at radius 2 is 1.97 bits per heavy atom. The molecule has 0 amide bonds. The van der Waals surface area contributed by atoms with Crippen molar-refractivity contribution in [3.8, 4) is 5.75 Å². The number of halogens is 1. The number of aromatic nitrogens is 1. The van der Waals surface area contributed by atoms with Gasteiger partial charge in [-0.25, -0.2) is 4.98 Å². The molecule has 6 nitrogen and oxygen atoms in total. The van der Waals surface area contributed by atoms with Crippen molar-refractivity contribution in [2.45, 2.75) is 31.6 Å². The molecule has 0 aliphatic carbocycles. The van der Waals surface area contributed by atoms with Crippen LogP contribution in [0.1, 0.15) is 28.3 Å². The monoisotopic (exact) mass is 530 g/mol. The van der Waals surface area contributed by atoms with Gasteiger partial charge >= 0.3 is 0 Å². The van der Waals surface area contributed by atoms with Gasteiger partial charge in [0, 0.05) is 56.3 Å². The van der Waals surface area contributed by atoms with Gasteiger partial charge in [0.2, 0.25) is 0 Å². The topological polar surface area (TPSA) is 67.8 Å². The minimum absolute atomic E-state index is 0. The largest absolute Gasteiger partial charge is 0.497 e. The second-order valence-electron chi connectivity index (χ2n) is 7.09. The van der Waals surface area contributed by atoms with Gasteiger partial charge in [0.25, 0.3) is 0 Å². The van der Waals surface area contributed by atoms with Gasteiger partial charge in [0.05, 0.1) is 12.1 Å². The number of aryl methyl sites for hydroxylation is 1. The van der Waals surface area contributed by atoms with E-state index in [4.69, 9.17) is 9.47 Å². The molecule has 2 heterocycles. The van der Waals surface area contributed by atoms with E-state index in [-0.39, 0.29) is 29.4 Å². The lowest BCUT2D eigenvalue weighted by Crippen LogP contribution is -2.48. The van der Waals surface area contributed by atoms with Gasteiger partial charge in [-0.2, -0.15) is 0 Å². The van der Waals surface area contributed by atoms with Crippen molar-refractivity contribution in [1.29, 1.82) is 0 Å². The van der Waals surface area contributed by atoms with Crippen molar-refractivity contribution in [3.63, 3.8) is 0 Å². The molecule has 8 heteroatoms. The maximum absolute atomic E-state index is 5.64. The standard InChI is InChI=1S/C21H30N4O2S.HI/c1-16-14-24-19(28-16)8-11-23-20(22-2)25-15-21(9-12-27-13-10-21)17-4-6-18(26-3)7-5-17;/h4-7,14H,8-13,15H2,1-3H3,(H2,22,23,25);1H. The van der Waals surface area contributed by atoms with Crippen molar-refractivity contribution in [3.05, 3.63) is 45.9 Å². The lowest BCUT2D eigenvalue weighted by molar-refractivity contribution is 0.0513. The van der Waals surface area contributed by atoms with E-state index in [9.17, 15) is 0 Å². The Bertz CT molecular complexity index is 773. The third-order valence-corrected chi connectivity index (χ3v) is 6.24. The van der Waals surface area contributed by atoms with Crippen LogP contribution in [0.4, 0.5) is 0 Å². The highest BCUT2D eigenvalue weighted by Crippen LogP contribution is 2.35. The predicted molar refractivity (Wildman–Crippen MR) is 130 cm³/mol. The molecular weight excluding hydrogens is 499 g/mol. The number of benzene rings is 1. The molecule has 1 saturated heterocycles. The highest BCUT2D eigenvalue weighted by atomic mass is 127. The Morgan fingerprint density at radius 1 is 1.24 bits per heavy atom. The first-order chi connectivity index (χ1) is 13.6. The first-order valence-electron chi connectivity index (χ1n) is 9.73. The molecule has 2 N–H and O–H groups in total. The molecule has 0 saturated carbocycles. The number of hydrogen-bond acceptors (Lipinski definition) is 5. The molecule has 0 unspecified atom stereocenters. The van der Waals surface area contributed by atoms with E-state index in [0.717, 1.165) is 62.3 Å². The third-order valence-electron chi connectivity index (χ3n) is 5.27. The highest BCUT2D eigenvalue weighted by Gasteiger charge is 2.34. The number of aliphatic imine (C=N–C) groups is 1. The van der Waals surface area contributed by atoms with E-state index in [1.165, 1.54) is 10.4 Å². The first kappa shape index (κ1) is 23.9. The van der Waals surface area contributed by atoms with Crippen LogP contribution in [0.25, 0.3) is 0 Å². The Labute approximate surface area is 194 Å². The van der Waals surface area contributed by atoms with Gasteiger partial charge in [-0.05, 0) is 37.5 Å². The van der Waals surface area contributed by atoms with Crippen molar-refractivity contribution >= 4 is 41.3 Å². The van der Waals surface area contributed by atoms with E-state index >= 15 is 0 Å². The summed E-state index contributed by atoms with van der Waals surface area (Å²) in [5.74, 6) is 1.71. The number of nitrogens with zero attached hydrogens (tertiary/aromatic N) is 2. The number of methoxy groups -OCH3 is 1. The summed E-state index contributed by atoms with van der Waals surface area (Å²) in [5, 5.41) is 8.09. The summed E-state index contributed by atoms with van der Waals surface area (Å²) >= 11 is 1.75. The van der Waals surface area contributed by atoms with Gasteiger partial charge in [0.1, 0.15) is 5.75 Å². The Kier molecular flexibility index (Phi) is 9.64. The fourth-order valence-corrected chi connectivity index (χ4v) is 4.34. The quantitative estimate of drug-likeness (QED) is 0.326. The fraction of sp³-hybridized carbons (Fsp3) is 0.524. The summed E-state index contributed by atoms with van der Waals surface area (Å²) in [6.45, 7) is 5.28. The van der Waals surface area contributed by atoms with E-state index in [2.05, 4.69) is 39.7 Å². The second kappa shape index (κ2) is 11.7. The average molecular weight is 530 g/mol. The zero-order chi connectivity index (χ0) is 19.8. The average Bonchev–Trinajstić information content (AvgIpc) is 3.16. The number of hydrogen-bond donors (Lipinski definition) is 2. The summed E-state index contributed by atoms with van der Waals surface area (Å²) in [6.07, 6.45) is 4.80. The van der Waals surface area contributed by atoms with Crippen molar-refractivity contribution < 1.29 is 9.47 Å². The van der Waals surface area contributed by atoms with Crippen molar-refractivity contribution in [2.75, 3.05) is 40.5 Å². The van der Waals surface area contributed by atoms with Crippen LogP contribution in [0.5, 0.6) is 5.75 Å². The number of guanidine groups is 1. The second-order valence-corrected chi connectivity index (χ2v) is 8.41. The summed E-state index contributed by atoms with van der Waals surface area (Å²) in [4.78, 5) is 10.1. The minimum Gasteiger partial charge on any atom is -0.497 e. The molecule has 0 spiro atoms. The van der Waals surface area contributed by atoms with Crippen LogP contribution >= 0.6 is 35.3 Å². The predicted octanol–water partition coefficient (Wildman–Crippen LogP) is 3.53. The number of rotatable bonds is 7. The van der Waals surface area contributed by atoms with Crippen LogP contribution in [0.2, 0.25) is 0 Å². The van der Waals surface area contributed by atoms with E-state index in [0.29, 0.717) is 0 Å². The maximum atomic E-state index is 5.64. The molecular formula is C21H31IN4O2S.